The minimum atomic E-state index is -4.92. The first-order chi connectivity index (χ1) is 6.29. The molecular weight excluding hydrogens is 194 g/mol. The Kier molecular flexibility index (Phi) is 5.22. The summed E-state index contributed by atoms with van der Waals surface area (Å²) in [4.78, 5) is 1.57. The molecule has 0 aliphatic rings. The molecule has 0 saturated carbocycles. The van der Waals surface area contributed by atoms with Gasteiger partial charge in [-0.1, -0.05) is 0 Å². The topological polar surface area (TPSA) is 12.5 Å². The van der Waals surface area contributed by atoms with Crippen LogP contribution in [0.1, 0.15) is 6.92 Å². The molecule has 0 saturated heterocycles. The summed E-state index contributed by atoms with van der Waals surface area (Å²) in [6, 6.07) is -0.0464. The molecule has 0 rings (SSSR count). The lowest BCUT2D eigenvalue weighted by molar-refractivity contribution is 0.121. The fourth-order valence-corrected chi connectivity index (χ4v) is 0.948. The number of methoxy groups -OCH3 is 1. The van der Waals surface area contributed by atoms with Crippen LogP contribution >= 0.6 is 0 Å². The van der Waals surface area contributed by atoms with Crippen LogP contribution in [0.25, 0.3) is 0 Å². The summed E-state index contributed by atoms with van der Waals surface area (Å²) >= 11 is 0. The third-order valence-electron chi connectivity index (χ3n) is 2.08. The van der Waals surface area contributed by atoms with Crippen molar-refractivity contribution in [1.82, 2.24) is 4.90 Å². The highest BCUT2D eigenvalue weighted by atomic mass is 19.4. The molecule has 0 aliphatic carbocycles. The Labute approximate surface area is 82.8 Å². The first-order valence-corrected chi connectivity index (χ1v) is 4.35. The fraction of sp³-hybridized carbons (Fsp3) is 0.750. The summed E-state index contributed by atoms with van der Waals surface area (Å²) in [6.45, 7) is 0.169. The molecule has 6 heteroatoms. The van der Waals surface area contributed by atoms with Crippen molar-refractivity contribution in [2.24, 2.45) is 0 Å². The summed E-state index contributed by atoms with van der Waals surface area (Å²) < 4.78 is 41.3. The Morgan fingerprint density at radius 1 is 1.50 bits per heavy atom. The second kappa shape index (κ2) is 5.41. The monoisotopic (exact) mass is 210 g/mol. The Bertz CT molecular complexity index is 196. The highest BCUT2D eigenvalue weighted by Crippen LogP contribution is 2.19. The van der Waals surface area contributed by atoms with Gasteiger partial charge in [0.1, 0.15) is 0 Å². The van der Waals surface area contributed by atoms with E-state index in [1.807, 2.05) is 0 Å². The molecular formula is C8H16BF3NO-. The summed E-state index contributed by atoms with van der Waals surface area (Å²) in [5, 5.41) is 0. The van der Waals surface area contributed by atoms with Gasteiger partial charge < -0.3 is 22.6 Å². The molecule has 0 aromatic rings. The van der Waals surface area contributed by atoms with Gasteiger partial charge in [0.05, 0.1) is 6.61 Å². The minimum absolute atomic E-state index is 0.0464. The van der Waals surface area contributed by atoms with Gasteiger partial charge in [0.25, 0.3) is 0 Å². The second-order valence-corrected chi connectivity index (χ2v) is 3.45. The van der Waals surface area contributed by atoms with Crippen LogP contribution in [0.2, 0.25) is 0 Å². The molecule has 0 aliphatic heterocycles. The molecule has 0 N–H and O–H groups in total. The Morgan fingerprint density at radius 3 is 2.36 bits per heavy atom. The van der Waals surface area contributed by atoms with Gasteiger partial charge in [-0.2, -0.15) is 0 Å². The smallest absolute Gasteiger partial charge is 0.445 e. The Morgan fingerprint density at radius 2 is 2.00 bits per heavy atom. The Hall–Kier alpha value is -0.485. The van der Waals surface area contributed by atoms with Crippen LogP contribution in [0, 0.1) is 0 Å². The van der Waals surface area contributed by atoms with Crippen LogP contribution in [0.15, 0.2) is 12.1 Å². The van der Waals surface area contributed by atoms with Gasteiger partial charge in [-0.25, -0.2) is 0 Å². The molecule has 0 aromatic heterocycles. The normalized spacial score (nSPS) is 14.5. The summed E-state index contributed by atoms with van der Waals surface area (Å²) in [5.74, 6) is 0. The second-order valence-electron chi connectivity index (χ2n) is 3.45. The third kappa shape index (κ3) is 4.67. The molecule has 0 radical (unpaired) electrons. The maximum absolute atomic E-state index is 12.2. The first-order valence-electron chi connectivity index (χ1n) is 4.35. The SMILES string of the molecule is C=C(CN(C)C(C)COC)[B-](F)(F)F. The van der Waals surface area contributed by atoms with Crippen molar-refractivity contribution >= 4 is 6.98 Å². The van der Waals surface area contributed by atoms with Crippen LogP contribution in [-0.2, 0) is 4.74 Å². The molecule has 84 valence electrons. The minimum Gasteiger partial charge on any atom is -0.445 e. The van der Waals surface area contributed by atoms with Crippen LogP contribution in [0.3, 0.4) is 0 Å². The highest BCUT2D eigenvalue weighted by molar-refractivity contribution is 6.66. The van der Waals surface area contributed by atoms with Gasteiger partial charge >= 0.3 is 6.98 Å². The molecule has 0 fully saturated rings. The van der Waals surface area contributed by atoms with Crippen molar-refractivity contribution in [2.75, 3.05) is 27.3 Å². The summed E-state index contributed by atoms with van der Waals surface area (Å²) in [5.41, 5.74) is -0.671. The average Bonchev–Trinajstić information content (AvgIpc) is 2.02. The predicted molar refractivity (Wildman–Crippen MR) is 52.2 cm³/mol. The van der Waals surface area contributed by atoms with Crippen LogP contribution in [0.5, 0.6) is 0 Å². The number of hydrogen-bond acceptors (Lipinski definition) is 2. The van der Waals surface area contributed by atoms with E-state index < -0.39 is 12.4 Å². The number of rotatable bonds is 6. The lowest BCUT2D eigenvalue weighted by Gasteiger charge is -2.28. The fourth-order valence-electron chi connectivity index (χ4n) is 0.948. The van der Waals surface area contributed by atoms with Gasteiger partial charge in [-0.15, -0.1) is 12.1 Å². The quantitative estimate of drug-likeness (QED) is 0.620. The van der Waals surface area contributed by atoms with Gasteiger partial charge in [0.15, 0.2) is 0 Å². The maximum atomic E-state index is 12.2. The third-order valence-corrected chi connectivity index (χ3v) is 2.08. The van der Waals surface area contributed by atoms with E-state index >= 15 is 0 Å². The van der Waals surface area contributed by atoms with Gasteiger partial charge in [0, 0.05) is 13.2 Å². The molecule has 0 heterocycles. The number of likely N-dealkylation sites (N-methyl/N-ethyl adjacent to an activating group) is 1. The molecule has 2 nitrogen and oxygen atoms in total. The zero-order valence-electron chi connectivity index (χ0n) is 8.77. The molecule has 0 bridgehead atoms. The van der Waals surface area contributed by atoms with Crippen molar-refractivity contribution in [1.29, 1.82) is 0 Å². The molecule has 0 aromatic carbocycles. The van der Waals surface area contributed by atoms with Crippen LogP contribution in [-0.4, -0.2) is 45.2 Å². The zero-order valence-corrected chi connectivity index (χ0v) is 8.77. The summed E-state index contributed by atoms with van der Waals surface area (Å²) in [7, 11) is 3.14. The zero-order chi connectivity index (χ0) is 11.4. The van der Waals surface area contributed by atoms with Crippen molar-refractivity contribution in [2.45, 2.75) is 13.0 Å². The number of hydrogen-bond donors (Lipinski definition) is 0. The highest BCUT2D eigenvalue weighted by Gasteiger charge is 2.27. The Balaban J connectivity index is 4.06. The lowest BCUT2D eigenvalue weighted by atomic mass is 9.80. The van der Waals surface area contributed by atoms with Crippen molar-refractivity contribution in [3.63, 3.8) is 0 Å². The van der Waals surface area contributed by atoms with Gasteiger partial charge in [0.2, 0.25) is 0 Å². The van der Waals surface area contributed by atoms with E-state index in [9.17, 15) is 12.9 Å². The van der Waals surface area contributed by atoms with Crippen LogP contribution < -0.4 is 0 Å². The molecule has 1 atom stereocenters. The van der Waals surface area contributed by atoms with Crippen molar-refractivity contribution in [3.05, 3.63) is 12.1 Å². The van der Waals surface area contributed by atoms with Gasteiger partial charge in [-0.3, -0.25) is 0 Å². The van der Waals surface area contributed by atoms with E-state index in [4.69, 9.17) is 4.74 Å². The standard InChI is InChI=1S/C8H16BF3NO/c1-7(9(10,11)12)5-13(3)8(2)6-14-4/h8H,1,5-6H2,2-4H3/q-1. The maximum Gasteiger partial charge on any atom is 0.506 e. The lowest BCUT2D eigenvalue weighted by Crippen LogP contribution is -2.37. The van der Waals surface area contributed by atoms with E-state index in [2.05, 4.69) is 6.58 Å². The van der Waals surface area contributed by atoms with E-state index in [0.29, 0.717) is 6.61 Å². The molecule has 1 unspecified atom stereocenters. The average molecular weight is 210 g/mol. The predicted octanol–water partition coefficient (Wildman–Crippen LogP) is 1.90. The number of ether oxygens (including phenoxy) is 1. The van der Waals surface area contributed by atoms with E-state index in [-0.39, 0.29) is 12.6 Å². The van der Waals surface area contributed by atoms with Crippen LogP contribution in [0.4, 0.5) is 12.9 Å². The molecule has 0 amide bonds. The summed E-state index contributed by atoms with van der Waals surface area (Å²) in [6.07, 6.45) is 0. The van der Waals surface area contributed by atoms with E-state index in [1.54, 1.807) is 18.9 Å². The van der Waals surface area contributed by atoms with Crippen molar-refractivity contribution in [3.8, 4) is 0 Å². The number of nitrogens with zero attached hydrogens (tertiary/aromatic N) is 1. The first kappa shape index (κ1) is 13.5. The van der Waals surface area contributed by atoms with E-state index in [0.717, 1.165) is 0 Å². The van der Waals surface area contributed by atoms with E-state index in [1.165, 1.54) is 7.11 Å². The molecule has 14 heavy (non-hydrogen) atoms. The van der Waals surface area contributed by atoms with Gasteiger partial charge in [-0.05, 0) is 20.5 Å². The number of halogens is 3. The largest absolute Gasteiger partial charge is 0.506 e. The van der Waals surface area contributed by atoms with Crippen molar-refractivity contribution < 1.29 is 17.7 Å². The molecule has 0 spiro atoms.